The van der Waals surface area contributed by atoms with E-state index in [0.717, 1.165) is 29.3 Å². The van der Waals surface area contributed by atoms with E-state index in [-0.39, 0.29) is 12.4 Å². The smallest absolute Gasteiger partial charge is 0.162 e. The maximum absolute atomic E-state index is 5.79. The number of anilines is 1. The van der Waals surface area contributed by atoms with Crippen LogP contribution in [0.15, 0.2) is 48.5 Å². The van der Waals surface area contributed by atoms with Gasteiger partial charge in [-0.15, -0.1) is 12.4 Å². The van der Waals surface area contributed by atoms with Crippen molar-refractivity contribution >= 4 is 18.1 Å². The summed E-state index contributed by atoms with van der Waals surface area (Å²) in [7, 11) is 1.65. The Balaban J connectivity index is 0.00000200. The van der Waals surface area contributed by atoms with Crippen LogP contribution < -0.4 is 14.8 Å². The third kappa shape index (κ3) is 4.35. The van der Waals surface area contributed by atoms with Gasteiger partial charge in [-0.05, 0) is 24.6 Å². The van der Waals surface area contributed by atoms with Gasteiger partial charge in [0.05, 0.1) is 7.11 Å². The van der Waals surface area contributed by atoms with Crippen LogP contribution in [0.25, 0.3) is 0 Å². The van der Waals surface area contributed by atoms with E-state index in [4.69, 9.17) is 9.47 Å². The van der Waals surface area contributed by atoms with Gasteiger partial charge in [-0.25, -0.2) is 0 Å². The van der Waals surface area contributed by atoms with Gasteiger partial charge in [0.2, 0.25) is 0 Å². The molecule has 0 aliphatic heterocycles. The lowest BCUT2D eigenvalue weighted by atomic mass is 10.2. The van der Waals surface area contributed by atoms with Crippen molar-refractivity contribution in [2.45, 2.75) is 13.5 Å². The molecule has 0 aliphatic carbocycles. The molecule has 0 saturated heterocycles. The predicted molar refractivity (Wildman–Crippen MR) is 85.2 cm³/mol. The molecule has 1 N–H and O–H groups in total. The van der Waals surface area contributed by atoms with Crippen molar-refractivity contribution in [1.82, 2.24) is 0 Å². The van der Waals surface area contributed by atoms with Crippen molar-refractivity contribution in [2.75, 3.05) is 19.0 Å². The van der Waals surface area contributed by atoms with E-state index < -0.39 is 0 Å². The molecule has 0 spiro atoms. The third-order valence-corrected chi connectivity index (χ3v) is 2.78. The van der Waals surface area contributed by atoms with Gasteiger partial charge in [0.1, 0.15) is 6.61 Å². The standard InChI is InChI=1S/C16H19NO2.ClH/c1-3-17-14-9-10-15(16(11-14)18-2)19-12-13-7-5-4-6-8-13;/h4-11,17H,3,12H2,1-2H3;1H. The van der Waals surface area contributed by atoms with Crippen LogP contribution in [0.5, 0.6) is 11.5 Å². The van der Waals surface area contributed by atoms with E-state index >= 15 is 0 Å². The Hall–Kier alpha value is -1.87. The Morgan fingerprint density at radius 2 is 1.75 bits per heavy atom. The molecule has 0 radical (unpaired) electrons. The molecule has 0 aliphatic rings. The van der Waals surface area contributed by atoms with E-state index in [1.54, 1.807) is 7.11 Å². The lowest BCUT2D eigenvalue weighted by Crippen LogP contribution is -2.00. The molecule has 3 nitrogen and oxygen atoms in total. The van der Waals surface area contributed by atoms with Crippen LogP contribution in [0, 0.1) is 0 Å². The molecule has 0 fully saturated rings. The highest BCUT2D eigenvalue weighted by Gasteiger charge is 2.05. The van der Waals surface area contributed by atoms with Crippen molar-refractivity contribution in [3.05, 3.63) is 54.1 Å². The zero-order chi connectivity index (χ0) is 13.5. The van der Waals surface area contributed by atoms with E-state index in [1.807, 2.05) is 48.5 Å². The molecule has 0 heterocycles. The molecule has 2 rings (SSSR count). The summed E-state index contributed by atoms with van der Waals surface area (Å²) < 4.78 is 11.2. The molecule has 2 aromatic carbocycles. The van der Waals surface area contributed by atoms with Crippen LogP contribution >= 0.6 is 12.4 Å². The molecular weight excluding hydrogens is 274 g/mol. The van der Waals surface area contributed by atoms with E-state index in [0.29, 0.717) is 6.61 Å². The van der Waals surface area contributed by atoms with Gasteiger partial charge in [0.25, 0.3) is 0 Å². The molecule has 0 bridgehead atoms. The molecule has 0 amide bonds. The number of ether oxygens (including phenoxy) is 2. The summed E-state index contributed by atoms with van der Waals surface area (Å²) in [6.07, 6.45) is 0. The molecule has 0 aromatic heterocycles. The third-order valence-electron chi connectivity index (χ3n) is 2.78. The maximum atomic E-state index is 5.79. The molecule has 2 aromatic rings. The first-order chi connectivity index (χ1) is 9.33. The van der Waals surface area contributed by atoms with Gasteiger partial charge in [-0.2, -0.15) is 0 Å². The Morgan fingerprint density at radius 1 is 1.00 bits per heavy atom. The summed E-state index contributed by atoms with van der Waals surface area (Å²) in [5.41, 5.74) is 2.17. The van der Waals surface area contributed by atoms with Crippen LogP contribution in [-0.2, 0) is 6.61 Å². The monoisotopic (exact) mass is 293 g/mol. The first-order valence-electron chi connectivity index (χ1n) is 6.42. The minimum Gasteiger partial charge on any atom is -0.493 e. The number of benzene rings is 2. The normalized spacial score (nSPS) is 9.50. The van der Waals surface area contributed by atoms with Gasteiger partial charge in [0, 0.05) is 18.3 Å². The highest BCUT2D eigenvalue weighted by Crippen LogP contribution is 2.30. The quantitative estimate of drug-likeness (QED) is 0.869. The number of halogens is 1. The van der Waals surface area contributed by atoms with Crippen molar-refractivity contribution in [1.29, 1.82) is 0 Å². The largest absolute Gasteiger partial charge is 0.493 e. The zero-order valence-electron chi connectivity index (χ0n) is 11.8. The van der Waals surface area contributed by atoms with Gasteiger partial charge in [-0.3, -0.25) is 0 Å². The van der Waals surface area contributed by atoms with Crippen molar-refractivity contribution in [3.8, 4) is 11.5 Å². The minimum absolute atomic E-state index is 0. The van der Waals surface area contributed by atoms with Crippen LogP contribution in [0.1, 0.15) is 12.5 Å². The van der Waals surface area contributed by atoms with Crippen molar-refractivity contribution < 1.29 is 9.47 Å². The van der Waals surface area contributed by atoms with Gasteiger partial charge in [0.15, 0.2) is 11.5 Å². The summed E-state index contributed by atoms with van der Waals surface area (Å²) in [4.78, 5) is 0. The first-order valence-corrected chi connectivity index (χ1v) is 6.42. The SMILES string of the molecule is CCNc1ccc(OCc2ccccc2)c(OC)c1.Cl. The fourth-order valence-electron chi connectivity index (χ4n) is 1.84. The summed E-state index contributed by atoms with van der Waals surface area (Å²) in [6.45, 7) is 3.48. The van der Waals surface area contributed by atoms with Gasteiger partial charge >= 0.3 is 0 Å². The Kier molecular flexibility index (Phi) is 6.74. The summed E-state index contributed by atoms with van der Waals surface area (Å²) in [5.74, 6) is 1.50. The Morgan fingerprint density at radius 3 is 2.40 bits per heavy atom. The van der Waals surface area contributed by atoms with Crippen molar-refractivity contribution in [2.24, 2.45) is 0 Å². The minimum atomic E-state index is 0. The maximum Gasteiger partial charge on any atom is 0.162 e. The zero-order valence-corrected chi connectivity index (χ0v) is 12.6. The highest BCUT2D eigenvalue weighted by molar-refractivity contribution is 5.85. The molecular formula is C16H20ClNO2. The highest BCUT2D eigenvalue weighted by atomic mass is 35.5. The fraction of sp³-hybridized carbons (Fsp3) is 0.250. The van der Waals surface area contributed by atoms with E-state index in [9.17, 15) is 0 Å². The summed E-state index contributed by atoms with van der Waals surface area (Å²) in [5, 5.41) is 3.25. The number of rotatable bonds is 6. The predicted octanol–water partition coefficient (Wildman–Crippen LogP) is 4.13. The van der Waals surface area contributed by atoms with Crippen LogP contribution in [0.2, 0.25) is 0 Å². The van der Waals surface area contributed by atoms with Crippen LogP contribution in [0.3, 0.4) is 0 Å². The number of hydrogen-bond donors (Lipinski definition) is 1. The molecule has 20 heavy (non-hydrogen) atoms. The second kappa shape index (κ2) is 8.33. The first kappa shape index (κ1) is 16.2. The average Bonchev–Trinajstić information content (AvgIpc) is 2.47. The fourth-order valence-corrected chi connectivity index (χ4v) is 1.84. The van der Waals surface area contributed by atoms with Crippen molar-refractivity contribution in [3.63, 3.8) is 0 Å². The van der Waals surface area contributed by atoms with E-state index in [2.05, 4.69) is 12.2 Å². The Labute approximate surface area is 126 Å². The molecule has 0 unspecified atom stereocenters. The summed E-state index contributed by atoms with van der Waals surface area (Å²) in [6, 6.07) is 16.0. The summed E-state index contributed by atoms with van der Waals surface area (Å²) >= 11 is 0. The molecule has 0 saturated carbocycles. The lowest BCUT2D eigenvalue weighted by molar-refractivity contribution is 0.284. The van der Waals surface area contributed by atoms with Crippen LogP contribution in [0.4, 0.5) is 5.69 Å². The van der Waals surface area contributed by atoms with Crippen LogP contribution in [-0.4, -0.2) is 13.7 Å². The van der Waals surface area contributed by atoms with E-state index in [1.165, 1.54) is 0 Å². The lowest BCUT2D eigenvalue weighted by Gasteiger charge is -2.12. The number of methoxy groups -OCH3 is 1. The van der Waals surface area contributed by atoms with Gasteiger partial charge < -0.3 is 14.8 Å². The molecule has 4 heteroatoms. The number of hydrogen-bond acceptors (Lipinski definition) is 3. The average molecular weight is 294 g/mol. The topological polar surface area (TPSA) is 30.5 Å². The van der Waals surface area contributed by atoms with Gasteiger partial charge in [-0.1, -0.05) is 30.3 Å². The second-order valence-electron chi connectivity index (χ2n) is 4.17. The second-order valence-corrected chi connectivity index (χ2v) is 4.17. The molecule has 0 atom stereocenters. The number of nitrogens with one attached hydrogen (secondary N) is 1. The molecule has 108 valence electrons. The Bertz CT molecular complexity index is 517.